The average molecular weight is 295 g/mol. The van der Waals surface area contributed by atoms with Gasteiger partial charge in [-0.25, -0.2) is 0 Å². The van der Waals surface area contributed by atoms with Gasteiger partial charge < -0.3 is 10.1 Å². The predicted molar refractivity (Wildman–Crippen MR) is 87.0 cm³/mol. The van der Waals surface area contributed by atoms with Gasteiger partial charge in [0.2, 0.25) is 5.91 Å². The molecule has 0 bridgehead atoms. The number of rotatable bonds is 5. The molecule has 0 spiro atoms. The van der Waals surface area contributed by atoms with Crippen molar-refractivity contribution in [3.05, 3.63) is 65.2 Å². The van der Waals surface area contributed by atoms with Crippen LogP contribution in [0.3, 0.4) is 0 Å². The van der Waals surface area contributed by atoms with E-state index in [2.05, 4.69) is 23.5 Å². The Bertz CT molecular complexity index is 649. The highest BCUT2D eigenvalue weighted by Gasteiger charge is 2.23. The van der Waals surface area contributed by atoms with E-state index in [1.165, 1.54) is 11.1 Å². The molecule has 1 aliphatic carbocycles. The second-order valence-electron chi connectivity index (χ2n) is 5.61. The molecule has 0 aromatic heterocycles. The molecule has 1 amide bonds. The quantitative estimate of drug-likeness (QED) is 0.917. The van der Waals surface area contributed by atoms with Gasteiger partial charge in [0, 0.05) is 0 Å². The second kappa shape index (κ2) is 6.65. The van der Waals surface area contributed by atoms with Crippen LogP contribution in [0.15, 0.2) is 48.5 Å². The van der Waals surface area contributed by atoms with Crippen LogP contribution in [0.4, 0.5) is 0 Å². The molecule has 1 unspecified atom stereocenters. The van der Waals surface area contributed by atoms with Crippen LogP contribution in [-0.2, 0) is 17.6 Å². The van der Waals surface area contributed by atoms with Gasteiger partial charge in [0.15, 0.2) is 0 Å². The maximum absolute atomic E-state index is 12.2. The highest BCUT2D eigenvalue weighted by atomic mass is 16.5. The molecule has 3 heteroatoms. The average Bonchev–Trinajstić information content (AvgIpc) is 2.93. The van der Waals surface area contributed by atoms with Crippen LogP contribution in [0, 0.1) is 0 Å². The standard InChI is InChI=1S/C19H21NO2/c1-2-22-16-10-7-14(8-11-16)13-19(21)20-18-12-9-15-5-3-4-6-17(15)18/h3-8,10-11,18H,2,9,12-13H2,1H3,(H,20,21). The number of hydrogen-bond acceptors (Lipinski definition) is 2. The summed E-state index contributed by atoms with van der Waals surface area (Å²) in [5.74, 6) is 0.919. The number of ether oxygens (including phenoxy) is 1. The minimum absolute atomic E-state index is 0.0749. The number of fused-ring (bicyclic) bond motifs is 1. The Morgan fingerprint density at radius 2 is 1.95 bits per heavy atom. The van der Waals surface area contributed by atoms with E-state index in [9.17, 15) is 4.79 Å². The van der Waals surface area contributed by atoms with E-state index in [0.29, 0.717) is 13.0 Å². The molecule has 22 heavy (non-hydrogen) atoms. The van der Waals surface area contributed by atoms with Crippen LogP contribution in [0.25, 0.3) is 0 Å². The minimum Gasteiger partial charge on any atom is -0.494 e. The van der Waals surface area contributed by atoms with Crippen LogP contribution in [0.5, 0.6) is 5.75 Å². The molecule has 2 aromatic rings. The molecule has 0 saturated carbocycles. The first-order valence-electron chi connectivity index (χ1n) is 7.85. The number of carbonyl (C=O) groups is 1. The lowest BCUT2D eigenvalue weighted by Gasteiger charge is -2.14. The largest absolute Gasteiger partial charge is 0.494 e. The Balaban J connectivity index is 1.59. The van der Waals surface area contributed by atoms with Gasteiger partial charge in [0.05, 0.1) is 19.1 Å². The first-order valence-corrected chi connectivity index (χ1v) is 7.85. The van der Waals surface area contributed by atoms with E-state index in [-0.39, 0.29) is 11.9 Å². The third kappa shape index (κ3) is 3.30. The fraction of sp³-hybridized carbons (Fsp3) is 0.316. The van der Waals surface area contributed by atoms with Crippen LogP contribution < -0.4 is 10.1 Å². The van der Waals surface area contributed by atoms with Crippen molar-refractivity contribution in [2.24, 2.45) is 0 Å². The molecule has 0 saturated heterocycles. The summed E-state index contributed by atoms with van der Waals surface area (Å²) in [4.78, 5) is 12.2. The molecule has 0 radical (unpaired) electrons. The highest BCUT2D eigenvalue weighted by Crippen LogP contribution is 2.30. The van der Waals surface area contributed by atoms with E-state index >= 15 is 0 Å². The summed E-state index contributed by atoms with van der Waals surface area (Å²) in [7, 11) is 0. The van der Waals surface area contributed by atoms with Gasteiger partial charge in [-0.2, -0.15) is 0 Å². The van der Waals surface area contributed by atoms with Gasteiger partial charge in [0.25, 0.3) is 0 Å². The molecule has 3 nitrogen and oxygen atoms in total. The van der Waals surface area contributed by atoms with Crippen LogP contribution >= 0.6 is 0 Å². The normalized spacial score (nSPS) is 16.1. The van der Waals surface area contributed by atoms with Gasteiger partial charge in [-0.15, -0.1) is 0 Å². The molecule has 1 atom stereocenters. The summed E-state index contributed by atoms with van der Waals surface area (Å²) < 4.78 is 5.41. The van der Waals surface area contributed by atoms with E-state index in [1.807, 2.05) is 37.3 Å². The van der Waals surface area contributed by atoms with E-state index < -0.39 is 0 Å². The second-order valence-corrected chi connectivity index (χ2v) is 5.61. The van der Waals surface area contributed by atoms with Crippen molar-refractivity contribution < 1.29 is 9.53 Å². The zero-order valence-corrected chi connectivity index (χ0v) is 12.8. The van der Waals surface area contributed by atoms with Gasteiger partial charge in [-0.1, -0.05) is 36.4 Å². The zero-order chi connectivity index (χ0) is 15.4. The van der Waals surface area contributed by atoms with Crippen molar-refractivity contribution in [1.29, 1.82) is 0 Å². The molecular weight excluding hydrogens is 274 g/mol. The molecule has 3 rings (SSSR count). The van der Waals surface area contributed by atoms with Gasteiger partial charge in [-0.05, 0) is 48.6 Å². The lowest BCUT2D eigenvalue weighted by atomic mass is 10.1. The van der Waals surface area contributed by atoms with E-state index in [1.54, 1.807) is 0 Å². The van der Waals surface area contributed by atoms with Gasteiger partial charge in [0.1, 0.15) is 5.75 Å². The van der Waals surface area contributed by atoms with Crippen molar-refractivity contribution in [2.45, 2.75) is 32.2 Å². The lowest BCUT2D eigenvalue weighted by Crippen LogP contribution is -2.28. The van der Waals surface area contributed by atoms with E-state index in [4.69, 9.17) is 4.74 Å². The fourth-order valence-electron chi connectivity index (χ4n) is 3.01. The van der Waals surface area contributed by atoms with E-state index in [0.717, 1.165) is 24.2 Å². The summed E-state index contributed by atoms with van der Waals surface area (Å²) in [6, 6.07) is 16.2. The number of nitrogens with one attached hydrogen (secondary N) is 1. The number of aryl methyl sites for hydroxylation is 1. The monoisotopic (exact) mass is 295 g/mol. The van der Waals surface area contributed by atoms with Gasteiger partial charge >= 0.3 is 0 Å². The Morgan fingerprint density at radius 1 is 1.18 bits per heavy atom. The Labute approximate surface area is 131 Å². The van der Waals surface area contributed by atoms with Crippen LogP contribution in [0.2, 0.25) is 0 Å². The summed E-state index contributed by atoms with van der Waals surface area (Å²) in [5, 5.41) is 3.15. The summed E-state index contributed by atoms with van der Waals surface area (Å²) in [6.07, 6.45) is 2.45. The third-order valence-electron chi connectivity index (χ3n) is 4.07. The van der Waals surface area contributed by atoms with Crippen molar-refractivity contribution in [3.63, 3.8) is 0 Å². The highest BCUT2D eigenvalue weighted by molar-refractivity contribution is 5.79. The Kier molecular flexibility index (Phi) is 4.42. The van der Waals surface area contributed by atoms with Crippen LogP contribution in [0.1, 0.15) is 36.1 Å². The first kappa shape index (κ1) is 14.6. The SMILES string of the molecule is CCOc1ccc(CC(=O)NC2CCc3ccccc32)cc1. The molecule has 0 heterocycles. The molecule has 114 valence electrons. The van der Waals surface area contributed by atoms with Crippen molar-refractivity contribution in [1.82, 2.24) is 5.32 Å². The molecule has 1 aliphatic rings. The van der Waals surface area contributed by atoms with Crippen molar-refractivity contribution in [3.8, 4) is 5.75 Å². The van der Waals surface area contributed by atoms with Crippen molar-refractivity contribution in [2.75, 3.05) is 6.61 Å². The Hall–Kier alpha value is -2.29. The number of carbonyl (C=O) groups excluding carboxylic acids is 1. The lowest BCUT2D eigenvalue weighted by molar-refractivity contribution is -0.121. The predicted octanol–water partition coefficient (Wildman–Crippen LogP) is 3.43. The van der Waals surface area contributed by atoms with Gasteiger partial charge in [-0.3, -0.25) is 4.79 Å². The zero-order valence-electron chi connectivity index (χ0n) is 12.8. The maximum Gasteiger partial charge on any atom is 0.224 e. The summed E-state index contributed by atoms with van der Waals surface area (Å²) in [6.45, 7) is 2.61. The minimum atomic E-state index is 0.0749. The molecular formula is C19H21NO2. The number of benzene rings is 2. The van der Waals surface area contributed by atoms with Crippen LogP contribution in [-0.4, -0.2) is 12.5 Å². The fourth-order valence-corrected chi connectivity index (χ4v) is 3.01. The molecule has 1 N–H and O–H groups in total. The topological polar surface area (TPSA) is 38.3 Å². The molecule has 2 aromatic carbocycles. The first-order chi connectivity index (χ1) is 10.8. The summed E-state index contributed by atoms with van der Waals surface area (Å²) >= 11 is 0. The maximum atomic E-state index is 12.2. The Morgan fingerprint density at radius 3 is 2.73 bits per heavy atom. The number of hydrogen-bond donors (Lipinski definition) is 1. The number of amides is 1. The molecule has 0 aliphatic heterocycles. The smallest absolute Gasteiger partial charge is 0.224 e. The van der Waals surface area contributed by atoms with Crippen molar-refractivity contribution >= 4 is 5.91 Å². The summed E-state index contributed by atoms with van der Waals surface area (Å²) in [5.41, 5.74) is 3.63. The third-order valence-corrected chi connectivity index (χ3v) is 4.07. The molecule has 0 fully saturated rings.